The molecule has 3 aliphatic heterocycles. The van der Waals surface area contributed by atoms with Crippen LogP contribution in [-0.4, -0.2) is 54.9 Å². The van der Waals surface area contributed by atoms with E-state index in [2.05, 4.69) is 6.58 Å². The molecule has 0 aromatic rings. The Balaban J connectivity index is 1.40. The van der Waals surface area contributed by atoms with Crippen LogP contribution in [0.2, 0.25) is 0 Å². The van der Waals surface area contributed by atoms with Gasteiger partial charge in [-0.05, 0) is 32.6 Å². The standard InChI is InChI=1S/C24H36O7/c1-17(2)21(25)26-16-24-20(30-23(31-24)13-9-5-6-10-14-23)19-18(28-24)15-27-22(29-19)11-7-3-4-8-12-22/h18-20H,1,3-16H2,2H3/t18-,19-,20+,24+/m1/s1. The summed E-state index contributed by atoms with van der Waals surface area (Å²) < 4.78 is 38.2. The third-order valence-corrected chi connectivity index (χ3v) is 7.49. The van der Waals surface area contributed by atoms with Gasteiger partial charge in [0, 0.05) is 31.3 Å². The van der Waals surface area contributed by atoms with E-state index in [0.717, 1.165) is 51.4 Å². The van der Waals surface area contributed by atoms with E-state index in [0.29, 0.717) is 12.2 Å². The first-order valence-corrected chi connectivity index (χ1v) is 12.2. The Morgan fingerprint density at radius 1 is 0.903 bits per heavy atom. The van der Waals surface area contributed by atoms with Crippen molar-refractivity contribution in [3.8, 4) is 0 Å². The number of esters is 1. The molecule has 3 heterocycles. The summed E-state index contributed by atoms with van der Waals surface area (Å²) in [7, 11) is 0. The molecule has 0 amide bonds. The van der Waals surface area contributed by atoms with Crippen LogP contribution in [0.3, 0.4) is 0 Å². The molecule has 5 fully saturated rings. The van der Waals surface area contributed by atoms with E-state index in [-0.39, 0.29) is 18.8 Å². The highest BCUT2D eigenvalue weighted by atomic mass is 16.9. The molecule has 3 saturated heterocycles. The van der Waals surface area contributed by atoms with Crippen LogP contribution in [-0.2, 0) is 33.2 Å². The van der Waals surface area contributed by atoms with Crippen LogP contribution in [0, 0.1) is 0 Å². The molecule has 0 radical (unpaired) electrons. The van der Waals surface area contributed by atoms with E-state index in [1.807, 2.05) is 0 Å². The van der Waals surface area contributed by atoms with Gasteiger partial charge in [0.1, 0.15) is 24.9 Å². The average Bonchev–Trinajstić information content (AvgIpc) is 2.96. The monoisotopic (exact) mass is 436 g/mol. The van der Waals surface area contributed by atoms with Crippen LogP contribution in [0.25, 0.3) is 0 Å². The summed E-state index contributed by atoms with van der Waals surface area (Å²) in [6.07, 6.45) is 11.5. The van der Waals surface area contributed by atoms with Crippen LogP contribution < -0.4 is 0 Å². The summed E-state index contributed by atoms with van der Waals surface area (Å²) in [6, 6.07) is 0. The van der Waals surface area contributed by atoms with E-state index in [1.165, 1.54) is 25.7 Å². The maximum atomic E-state index is 12.2. The van der Waals surface area contributed by atoms with E-state index in [4.69, 9.17) is 28.4 Å². The highest BCUT2D eigenvalue weighted by Crippen LogP contribution is 2.53. The van der Waals surface area contributed by atoms with E-state index in [1.54, 1.807) is 6.92 Å². The quantitative estimate of drug-likeness (QED) is 0.486. The molecular weight excluding hydrogens is 400 g/mol. The molecule has 0 unspecified atom stereocenters. The van der Waals surface area contributed by atoms with Gasteiger partial charge >= 0.3 is 5.97 Å². The molecule has 0 aromatic heterocycles. The highest BCUT2D eigenvalue weighted by Gasteiger charge is 2.70. The lowest BCUT2D eigenvalue weighted by Crippen LogP contribution is -2.54. The number of carbonyl (C=O) groups is 1. The van der Waals surface area contributed by atoms with E-state index < -0.39 is 29.4 Å². The lowest BCUT2D eigenvalue weighted by molar-refractivity contribution is -0.348. The summed E-state index contributed by atoms with van der Waals surface area (Å²) in [5, 5.41) is 0. The molecule has 174 valence electrons. The molecule has 0 bridgehead atoms. The molecule has 31 heavy (non-hydrogen) atoms. The van der Waals surface area contributed by atoms with Crippen molar-refractivity contribution in [2.45, 2.75) is 120 Å². The average molecular weight is 437 g/mol. The summed E-state index contributed by atoms with van der Waals surface area (Å²) >= 11 is 0. The molecule has 2 spiro atoms. The Morgan fingerprint density at radius 3 is 2.13 bits per heavy atom. The molecule has 2 saturated carbocycles. The smallest absolute Gasteiger partial charge is 0.333 e. The first-order valence-electron chi connectivity index (χ1n) is 12.2. The fraction of sp³-hybridized carbons (Fsp3) is 0.875. The van der Waals surface area contributed by atoms with Gasteiger partial charge in [0.15, 0.2) is 11.6 Å². The Kier molecular flexibility index (Phi) is 5.93. The summed E-state index contributed by atoms with van der Waals surface area (Å²) in [5.74, 6) is -2.87. The minimum Gasteiger partial charge on any atom is -0.456 e. The SMILES string of the molecule is C=C(C)C(=O)OC[C@@]12O[C@@H]3COC4(CCCCCC4)O[C@H]3[C@@H]1OC1(CCCCCC1)O2. The molecule has 5 aliphatic rings. The number of hydrogen-bond donors (Lipinski definition) is 0. The number of fused-ring (bicyclic) bond motifs is 3. The van der Waals surface area contributed by atoms with Gasteiger partial charge in [0.25, 0.3) is 0 Å². The van der Waals surface area contributed by atoms with E-state index >= 15 is 0 Å². The fourth-order valence-corrected chi connectivity index (χ4v) is 5.88. The third-order valence-electron chi connectivity index (χ3n) is 7.49. The Bertz CT molecular complexity index is 690. The van der Waals surface area contributed by atoms with Gasteiger partial charge in [-0.25, -0.2) is 4.79 Å². The first-order chi connectivity index (χ1) is 15.0. The second-order valence-electron chi connectivity index (χ2n) is 10.0. The molecule has 0 N–H and O–H groups in total. The highest BCUT2D eigenvalue weighted by molar-refractivity contribution is 5.86. The van der Waals surface area contributed by atoms with Gasteiger partial charge in [-0.2, -0.15) is 0 Å². The topological polar surface area (TPSA) is 72.5 Å². The summed E-state index contributed by atoms with van der Waals surface area (Å²) in [6.45, 7) is 5.73. The van der Waals surface area contributed by atoms with Crippen molar-refractivity contribution in [3.63, 3.8) is 0 Å². The number of carbonyl (C=O) groups excluding carboxylic acids is 1. The predicted octanol–water partition coefficient (Wildman–Crippen LogP) is 4.13. The second kappa shape index (κ2) is 8.41. The van der Waals surface area contributed by atoms with Crippen LogP contribution in [0.1, 0.15) is 84.0 Å². The van der Waals surface area contributed by atoms with Crippen LogP contribution in [0.4, 0.5) is 0 Å². The summed E-state index contributed by atoms with van der Waals surface area (Å²) in [4.78, 5) is 12.2. The summed E-state index contributed by atoms with van der Waals surface area (Å²) in [5.41, 5.74) is 0.350. The van der Waals surface area contributed by atoms with Crippen molar-refractivity contribution in [3.05, 3.63) is 12.2 Å². The maximum Gasteiger partial charge on any atom is 0.333 e. The number of hydrogen-bond acceptors (Lipinski definition) is 7. The Labute approximate surface area is 184 Å². The molecule has 5 rings (SSSR count). The Morgan fingerprint density at radius 2 is 1.52 bits per heavy atom. The van der Waals surface area contributed by atoms with Gasteiger partial charge in [0.2, 0.25) is 5.79 Å². The van der Waals surface area contributed by atoms with Gasteiger partial charge in [0.05, 0.1) is 6.61 Å². The third kappa shape index (κ3) is 4.08. The van der Waals surface area contributed by atoms with Crippen molar-refractivity contribution in [1.29, 1.82) is 0 Å². The van der Waals surface area contributed by atoms with Gasteiger partial charge in [-0.3, -0.25) is 0 Å². The lowest BCUT2D eigenvalue weighted by atomic mass is 10.0. The zero-order chi connectivity index (χ0) is 21.5. The second-order valence-corrected chi connectivity index (χ2v) is 10.0. The van der Waals surface area contributed by atoms with Crippen molar-refractivity contribution in [1.82, 2.24) is 0 Å². The zero-order valence-electron chi connectivity index (χ0n) is 18.7. The van der Waals surface area contributed by atoms with Crippen LogP contribution in [0.5, 0.6) is 0 Å². The first kappa shape index (κ1) is 21.8. The number of rotatable bonds is 3. The van der Waals surface area contributed by atoms with Crippen LogP contribution >= 0.6 is 0 Å². The molecule has 0 aromatic carbocycles. The van der Waals surface area contributed by atoms with Crippen molar-refractivity contribution in [2.75, 3.05) is 13.2 Å². The molecule has 2 aliphatic carbocycles. The number of ether oxygens (including phenoxy) is 6. The fourth-order valence-electron chi connectivity index (χ4n) is 5.88. The van der Waals surface area contributed by atoms with Gasteiger partial charge in [-0.1, -0.05) is 32.3 Å². The minimum absolute atomic E-state index is 0.0333. The van der Waals surface area contributed by atoms with Crippen molar-refractivity contribution in [2.24, 2.45) is 0 Å². The minimum atomic E-state index is -1.16. The predicted molar refractivity (Wildman–Crippen MR) is 111 cm³/mol. The normalized spacial score (nSPS) is 38.8. The van der Waals surface area contributed by atoms with Crippen molar-refractivity contribution < 1.29 is 33.2 Å². The lowest BCUT2D eigenvalue weighted by Gasteiger charge is -2.43. The van der Waals surface area contributed by atoms with Gasteiger partial charge < -0.3 is 28.4 Å². The molecule has 7 heteroatoms. The van der Waals surface area contributed by atoms with Gasteiger partial charge in [-0.15, -0.1) is 0 Å². The van der Waals surface area contributed by atoms with Crippen molar-refractivity contribution >= 4 is 5.97 Å². The van der Waals surface area contributed by atoms with Crippen LogP contribution in [0.15, 0.2) is 12.2 Å². The molecule has 7 nitrogen and oxygen atoms in total. The van der Waals surface area contributed by atoms with E-state index in [9.17, 15) is 4.79 Å². The largest absolute Gasteiger partial charge is 0.456 e. The maximum absolute atomic E-state index is 12.2. The molecular formula is C24H36O7. The molecule has 4 atom stereocenters. The zero-order valence-corrected chi connectivity index (χ0v) is 18.7. The Hall–Kier alpha value is -0.990.